The Labute approximate surface area is 119 Å². The Kier molecular flexibility index (Phi) is 6.67. The maximum absolute atomic E-state index is 11.8. The van der Waals surface area contributed by atoms with Gasteiger partial charge in [0.2, 0.25) is 15.2 Å². The standard InChI is InChI=1S/C11H22N4O2S2/c1-9(2)8-10-13-14-11(18-10)15-19(16,17)7-5-4-6-12-3/h9,12H,4-8H2,1-3H3,(H,14,15). The Morgan fingerprint density at radius 3 is 2.63 bits per heavy atom. The van der Waals surface area contributed by atoms with Crippen LogP contribution in [-0.2, 0) is 16.4 Å². The van der Waals surface area contributed by atoms with Gasteiger partial charge in [-0.05, 0) is 32.4 Å². The number of sulfonamides is 1. The van der Waals surface area contributed by atoms with E-state index in [0.717, 1.165) is 24.4 Å². The number of aromatic nitrogens is 2. The molecular weight excluding hydrogens is 284 g/mol. The van der Waals surface area contributed by atoms with Gasteiger partial charge in [0.15, 0.2) is 0 Å². The highest BCUT2D eigenvalue weighted by Gasteiger charge is 2.14. The van der Waals surface area contributed by atoms with Gasteiger partial charge in [-0.25, -0.2) is 8.42 Å². The summed E-state index contributed by atoms with van der Waals surface area (Å²) in [7, 11) is -1.45. The van der Waals surface area contributed by atoms with Crippen LogP contribution in [0.3, 0.4) is 0 Å². The summed E-state index contributed by atoms with van der Waals surface area (Å²) in [5.41, 5.74) is 0. The quantitative estimate of drug-likeness (QED) is 0.675. The lowest BCUT2D eigenvalue weighted by molar-refractivity contribution is 0.595. The largest absolute Gasteiger partial charge is 0.320 e. The molecule has 1 heterocycles. The van der Waals surface area contributed by atoms with Gasteiger partial charge in [-0.2, -0.15) is 0 Å². The number of anilines is 1. The molecule has 0 fully saturated rings. The van der Waals surface area contributed by atoms with Gasteiger partial charge in [-0.3, -0.25) is 4.72 Å². The van der Waals surface area contributed by atoms with E-state index in [2.05, 4.69) is 34.1 Å². The predicted molar refractivity (Wildman–Crippen MR) is 79.0 cm³/mol. The number of hydrogen-bond acceptors (Lipinski definition) is 6. The minimum absolute atomic E-state index is 0.119. The van der Waals surface area contributed by atoms with Crippen molar-refractivity contribution in [1.29, 1.82) is 0 Å². The van der Waals surface area contributed by atoms with Gasteiger partial charge >= 0.3 is 0 Å². The number of rotatable bonds is 9. The molecule has 0 amide bonds. The van der Waals surface area contributed by atoms with Crippen LogP contribution in [0.4, 0.5) is 5.13 Å². The summed E-state index contributed by atoms with van der Waals surface area (Å²) in [5.74, 6) is 0.604. The maximum Gasteiger partial charge on any atom is 0.234 e. The fourth-order valence-electron chi connectivity index (χ4n) is 1.50. The molecule has 6 nitrogen and oxygen atoms in total. The summed E-state index contributed by atoms with van der Waals surface area (Å²) in [6.45, 7) is 5.01. The van der Waals surface area contributed by atoms with Gasteiger partial charge in [0, 0.05) is 6.42 Å². The van der Waals surface area contributed by atoms with E-state index < -0.39 is 10.0 Å². The Balaban J connectivity index is 2.46. The molecule has 19 heavy (non-hydrogen) atoms. The van der Waals surface area contributed by atoms with E-state index in [-0.39, 0.29) is 5.75 Å². The van der Waals surface area contributed by atoms with E-state index in [1.165, 1.54) is 11.3 Å². The summed E-state index contributed by atoms with van der Waals surface area (Å²) in [6, 6.07) is 0. The third-order valence-electron chi connectivity index (χ3n) is 2.38. The monoisotopic (exact) mass is 306 g/mol. The Morgan fingerprint density at radius 1 is 1.26 bits per heavy atom. The Morgan fingerprint density at radius 2 is 2.00 bits per heavy atom. The molecule has 2 N–H and O–H groups in total. The fraction of sp³-hybridized carbons (Fsp3) is 0.818. The van der Waals surface area contributed by atoms with E-state index in [9.17, 15) is 8.42 Å². The summed E-state index contributed by atoms with van der Waals surface area (Å²) in [4.78, 5) is 0. The third-order valence-corrected chi connectivity index (χ3v) is 4.70. The smallest absolute Gasteiger partial charge is 0.234 e. The van der Waals surface area contributed by atoms with Gasteiger partial charge in [-0.1, -0.05) is 25.2 Å². The first kappa shape index (κ1) is 16.3. The van der Waals surface area contributed by atoms with Gasteiger partial charge in [0.05, 0.1) is 5.75 Å². The van der Waals surface area contributed by atoms with Crippen molar-refractivity contribution in [3.63, 3.8) is 0 Å². The van der Waals surface area contributed by atoms with E-state index in [0.29, 0.717) is 17.5 Å². The zero-order valence-corrected chi connectivity index (χ0v) is 13.3. The van der Waals surface area contributed by atoms with Crippen molar-refractivity contribution in [3.8, 4) is 0 Å². The summed E-state index contributed by atoms with van der Waals surface area (Å²) < 4.78 is 26.1. The maximum atomic E-state index is 11.8. The molecule has 0 unspecified atom stereocenters. The van der Waals surface area contributed by atoms with E-state index in [1.807, 2.05) is 7.05 Å². The third kappa shape index (κ3) is 6.84. The SMILES string of the molecule is CNCCCCS(=O)(=O)Nc1nnc(CC(C)C)s1. The number of hydrogen-bond donors (Lipinski definition) is 2. The van der Waals surface area contributed by atoms with Gasteiger partial charge < -0.3 is 5.32 Å². The minimum atomic E-state index is -3.30. The van der Waals surface area contributed by atoms with Crippen LogP contribution in [0.5, 0.6) is 0 Å². The molecule has 0 bridgehead atoms. The Bertz CT molecular complexity index is 471. The molecule has 0 aliphatic carbocycles. The van der Waals surface area contributed by atoms with Crippen molar-refractivity contribution in [2.24, 2.45) is 5.92 Å². The molecular formula is C11H22N4O2S2. The average Bonchev–Trinajstić information content (AvgIpc) is 2.70. The lowest BCUT2D eigenvalue weighted by Gasteiger charge is -2.04. The predicted octanol–water partition coefficient (Wildman–Crippen LogP) is 1.48. The van der Waals surface area contributed by atoms with Crippen LogP contribution >= 0.6 is 11.3 Å². The molecule has 0 saturated carbocycles. The zero-order chi connectivity index (χ0) is 14.3. The zero-order valence-electron chi connectivity index (χ0n) is 11.6. The van der Waals surface area contributed by atoms with Crippen LogP contribution in [0.25, 0.3) is 0 Å². The van der Waals surface area contributed by atoms with Gasteiger partial charge in [0.1, 0.15) is 5.01 Å². The van der Waals surface area contributed by atoms with Crippen LogP contribution in [0.1, 0.15) is 31.7 Å². The number of unbranched alkanes of at least 4 members (excludes halogenated alkanes) is 1. The molecule has 0 atom stereocenters. The first-order valence-corrected chi connectivity index (χ1v) is 8.87. The Hall–Kier alpha value is -0.730. The molecule has 0 saturated heterocycles. The highest BCUT2D eigenvalue weighted by atomic mass is 32.2. The van der Waals surface area contributed by atoms with E-state index in [4.69, 9.17) is 0 Å². The first-order valence-electron chi connectivity index (χ1n) is 6.40. The second-order valence-electron chi connectivity index (χ2n) is 4.83. The molecule has 1 aromatic heterocycles. The molecule has 0 radical (unpaired) electrons. The molecule has 1 aromatic rings. The molecule has 8 heteroatoms. The highest BCUT2D eigenvalue weighted by molar-refractivity contribution is 7.92. The van der Waals surface area contributed by atoms with E-state index >= 15 is 0 Å². The van der Waals surface area contributed by atoms with Gasteiger partial charge in [-0.15, -0.1) is 10.2 Å². The number of nitrogens with zero attached hydrogens (tertiary/aromatic N) is 2. The first-order chi connectivity index (χ1) is 8.93. The molecule has 0 spiro atoms. The van der Waals surface area contributed by atoms with Crippen molar-refractivity contribution < 1.29 is 8.42 Å². The number of nitrogens with one attached hydrogen (secondary N) is 2. The molecule has 0 aliphatic rings. The van der Waals surface area contributed by atoms with E-state index in [1.54, 1.807) is 0 Å². The topological polar surface area (TPSA) is 84.0 Å². The van der Waals surface area contributed by atoms with Crippen molar-refractivity contribution in [3.05, 3.63) is 5.01 Å². The summed E-state index contributed by atoms with van der Waals surface area (Å²) in [6.07, 6.45) is 2.29. The lowest BCUT2D eigenvalue weighted by atomic mass is 10.1. The van der Waals surface area contributed by atoms with Crippen LogP contribution in [-0.4, -0.2) is 38.0 Å². The highest BCUT2D eigenvalue weighted by Crippen LogP contribution is 2.19. The molecule has 110 valence electrons. The van der Waals surface area contributed by atoms with Gasteiger partial charge in [0.25, 0.3) is 0 Å². The summed E-state index contributed by atoms with van der Waals surface area (Å²) in [5, 5.41) is 12.1. The van der Waals surface area contributed by atoms with Crippen LogP contribution in [0.2, 0.25) is 0 Å². The summed E-state index contributed by atoms with van der Waals surface area (Å²) >= 11 is 1.31. The lowest BCUT2D eigenvalue weighted by Crippen LogP contribution is -2.18. The van der Waals surface area contributed by atoms with Crippen LogP contribution in [0, 0.1) is 5.92 Å². The van der Waals surface area contributed by atoms with Crippen molar-refractivity contribution in [2.45, 2.75) is 33.1 Å². The second-order valence-corrected chi connectivity index (χ2v) is 7.73. The molecule has 0 aliphatic heterocycles. The van der Waals surface area contributed by atoms with Crippen molar-refractivity contribution in [2.75, 3.05) is 24.1 Å². The average molecular weight is 306 g/mol. The van der Waals surface area contributed by atoms with Crippen LogP contribution in [0.15, 0.2) is 0 Å². The molecule has 0 aromatic carbocycles. The minimum Gasteiger partial charge on any atom is -0.320 e. The van der Waals surface area contributed by atoms with Crippen molar-refractivity contribution >= 4 is 26.5 Å². The fourth-order valence-corrected chi connectivity index (χ4v) is 3.85. The second kappa shape index (κ2) is 7.76. The molecule has 1 rings (SSSR count). The van der Waals surface area contributed by atoms with Crippen molar-refractivity contribution in [1.82, 2.24) is 15.5 Å². The normalized spacial score (nSPS) is 12.0. The van der Waals surface area contributed by atoms with Crippen LogP contribution < -0.4 is 10.0 Å².